The quantitative estimate of drug-likeness (QED) is 0.697. The molecular formula is C7H6BNO2S. The standard InChI is InChI=1S/C7H6BNO2S/c10-8-11-5-1-2-6-7(3-5)12-4-9-6/h1-4,8,10H. The van der Waals surface area contributed by atoms with E-state index in [0.29, 0.717) is 5.75 Å². The van der Waals surface area contributed by atoms with E-state index in [1.807, 2.05) is 12.1 Å². The van der Waals surface area contributed by atoms with Crippen LogP contribution in [0.15, 0.2) is 23.7 Å². The van der Waals surface area contributed by atoms with Gasteiger partial charge in [-0.15, -0.1) is 11.3 Å². The van der Waals surface area contributed by atoms with Crippen molar-refractivity contribution < 1.29 is 9.68 Å². The first-order chi connectivity index (χ1) is 5.90. The van der Waals surface area contributed by atoms with Crippen LogP contribution in [0.5, 0.6) is 5.75 Å². The molecule has 0 fully saturated rings. The summed E-state index contributed by atoms with van der Waals surface area (Å²) in [6, 6.07) is 5.53. The first-order valence-electron chi connectivity index (χ1n) is 3.47. The molecule has 0 amide bonds. The van der Waals surface area contributed by atoms with Crippen molar-refractivity contribution in [3.05, 3.63) is 23.7 Å². The average molecular weight is 179 g/mol. The van der Waals surface area contributed by atoms with Crippen LogP contribution in [0.2, 0.25) is 0 Å². The molecule has 3 nitrogen and oxygen atoms in total. The van der Waals surface area contributed by atoms with Crippen molar-refractivity contribution in [1.29, 1.82) is 0 Å². The molecule has 12 heavy (non-hydrogen) atoms. The Morgan fingerprint density at radius 1 is 1.50 bits per heavy atom. The molecule has 1 aromatic carbocycles. The summed E-state index contributed by atoms with van der Waals surface area (Å²) < 4.78 is 5.99. The molecule has 0 spiro atoms. The number of benzene rings is 1. The highest BCUT2D eigenvalue weighted by Gasteiger charge is 1.98. The van der Waals surface area contributed by atoms with E-state index in [1.165, 1.54) is 0 Å². The third kappa shape index (κ3) is 1.28. The molecule has 0 bridgehead atoms. The number of hydrogen-bond donors (Lipinski definition) is 1. The smallest absolute Gasteiger partial charge is 0.504 e. The number of thiazole rings is 1. The van der Waals surface area contributed by atoms with E-state index in [2.05, 4.69) is 4.98 Å². The van der Waals surface area contributed by atoms with Crippen LogP contribution in [0, 0.1) is 0 Å². The minimum Gasteiger partial charge on any atom is -0.539 e. The van der Waals surface area contributed by atoms with Gasteiger partial charge in [0.25, 0.3) is 0 Å². The minimum atomic E-state index is -0.287. The third-order valence-electron chi connectivity index (χ3n) is 1.53. The molecule has 2 rings (SSSR count). The fourth-order valence-corrected chi connectivity index (χ4v) is 1.71. The van der Waals surface area contributed by atoms with E-state index < -0.39 is 0 Å². The monoisotopic (exact) mass is 179 g/mol. The summed E-state index contributed by atoms with van der Waals surface area (Å²) >= 11 is 1.55. The van der Waals surface area contributed by atoms with Gasteiger partial charge in [0.1, 0.15) is 5.75 Å². The Hall–Kier alpha value is -1.07. The van der Waals surface area contributed by atoms with E-state index in [1.54, 1.807) is 22.9 Å². The Bertz CT molecular complexity index is 390. The summed E-state index contributed by atoms with van der Waals surface area (Å²) in [6.45, 7) is 0. The van der Waals surface area contributed by atoms with E-state index in [4.69, 9.17) is 9.68 Å². The first-order valence-corrected chi connectivity index (χ1v) is 4.35. The maximum Gasteiger partial charge on any atom is 0.504 e. The van der Waals surface area contributed by atoms with E-state index >= 15 is 0 Å². The molecule has 0 unspecified atom stereocenters. The fraction of sp³-hybridized carbons (Fsp3) is 0. The van der Waals surface area contributed by atoms with Crippen LogP contribution in [0.1, 0.15) is 0 Å². The van der Waals surface area contributed by atoms with Crippen molar-refractivity contribution in [2.45, 2.75) is 0 Å². The van der Waals surface area contributed by atoms with Gasteiger partial charge in [-0.1, -0.05) is 0 Å². The lowest BCUT2D eigenvalue weighted by Crippen LogP contribution is -1.98. The van der Waals surface area contributed by atoms with Crippen LogP contribution in [0.4, 0.5) is 0 Å². The Morgan fingerprint density at radius 3 is 3.25 bits per heavy atom. The second-order valence-electron chi connectivity index (χ2n) is 2.26. The molecule has 0 aliphatic carbocycles. The van der Waals surface area contributed by atoms with Gasteiger partial charge >= 0.3 is 7.69 Å². The van der Waals surface area contributed by atoms with Crippen LogP contribution >= 0.6 is 11.3 Å². The second kappa shape index (κ2) is 3.12. The van der Waals surface area contributed by atoms with Gasteiger partial charge in [0.2, 0.25) is 0 Å². The normalized spacial score (nSPS) is 10.1. The molecule has 1 heterocycles. The zero-order chi connectivity index (χ0) is 8.39. The van der Waals surface area contributed by atoms with E-state index in [9.17, 15) is 0 Å². The molecule has 1 aromatic heterocycles. The molecular weight excluding hydrogens is 173 g/mol. The minimum absolute atomic E-state index is 0.287. The lowest BCUT2D eigenvalue weighted by molar-refractivity contribution is 0.454. The van der Waals surface area contributed by atoms with Crippen LogP contribution < -0.4 is 4.65 Å². The van der Waals surface area contributed by atoms with Crippen molar-refractivity contribution in [3.63, 3.8) is 0 Å². The van der Waals surface area contributed by atoms with E-state index in [0.717, 1.165) is 10.2 Å². The maximum atomic E-state index is 8.51. The second-order valence-corrected chi connectivity index (χ2v) is 3.14. The van der Waals surface area contributed by atoms with Gasteiger partial charge in [0, 0.05) is 0 Å². The van der Waals surface area contributed by atoms with Crippen molar-refractivity contribution in [1.82, 2.24) is 4.98 Å². The largest absolute Gasteiger partial charge is 0.539 e. The molecule has 0 radical (unpaired) electrons. The number of aromatic nitrogens is 1. The molecule has 0 aliphatic heterocycles. The fourth-order valence-electron chi connectivity index (χ4n) is 1.000. The van der Waals surface area contributed by atoms with Crippen LogP contribution in [-0.2, 0) is 0 Å². The zero-order valence-corrected chi connectivity index (χ0v) is 7.04. The van der Waals surface area contributed by atoms with Crippen LogP contribution in [0.25, 0.3) is 10.2 Å². The van der Waals surface area contributed by atoms with E-state index in [-0.39, 0.29) is 7.69 Å². The first kappa shape index (κ1) is 7.58. The summed E-state index contributed by atoms with van der Waals surface area (Å²) in [5, 5.41) is 8.51. The highest BCUT2D eigenvalue weighted by molar-refractivity contribution is 7.16. The highest BCUT2D eigenvalue weighted by atomic mass is 32.1. The van der Waals surface area contributed by atoms with Gasteiger partial charge in [0.05, 0.1) is 15.7 Å². The lowest BCUT2D eigenvalue weighted by Gasteiger charge is -1.99. The lowest BCUT2D eigenvalue weighted by atomic mass is 10.3. The molecule has 60 valence electrons. The summed E-state index contributed by atoms with van der Waals surface area (Å²) in [6.07, 6.45) is 0. The van der Waals surface area contributed by atoms with Gasteiger partial charge < -0.3 is 9.68 Å². The summed E-state index contributed by atoms with van der Waals surface area (Å²) in [5.74, 6) is 0.675. The molecule has 0 aliphatic rings. The summed E-state index contributed by atoms with van der Waals surface area (Å²) in [7, 11) is -0.287. The van der Waals surface area contributed by atoms with Crippen LogP contribution in [-0.4, -0.2) is 17.7 Å². The highest BCUT2D eigenvalue weighted by Crippen LogP contribution is 2.22. The molecule has 0 saturated carbocycles. The van der Waals surface area contributed by atoms with Crippen molar-refractivity contribution in [2.75, 3.05) is 0 Å². The average Bonchev–Trinajstić information content (AvgIpc) is 2.51. The van der Waals surface area contributed by atoms with Gasteiger partial charge in [-0.2, -0.15) is 0 Å². The van der Waals surface area contributed by atoms with Gasteiger partial charge in [-0.05, 0) is 18.2 Å². The molecule has 0 saturated heterocycles. The summed E-state index contributed by atoms with van der Waals surface area (Å²) in [5.41, 5.74) is 2.75. The van der Waals surface area contributed by atoms with Gasteiger partial charge in [0.15, 0.2) is 0 Å². The zero-order valence-electron chi connectivity index (χ0n) is 6.23. The predicted octanol–water partition coefficient (Wildman–Crippen LogP) is 0.934. The number of hydrogen-bond acceptors (Lipinski definition) is 4. The molecule has 2 aromatic rings. The predicted molar refractivity (Wildman–Crippen MR) is 49.6 cm³/mol. The Kier molecular flexibility index (Phi) is 1.97. The van der Waals surface area contributed by atoms with Gasteiger partial charge in [-0.3, -0.25) is 0 Å². The maximum absolute atomic E-state index is 8.51. The number of rotatable bonds is 2. The van der Waals surface area contributed by atoms with Crippen molar-refractivity contribution in [3.8, 4) is 5.75 Å². The summed E-state index contributed by atoms with van der Waals surface area (Å²) in [4.78, 5) is 4.12. The molecule has 5 heteroatoms. The Balaban J connectivity index is 2.46. The van der Waals surface area contributed by atoms with Gasteiger partial charge in [-0.25, -0.2) is 4.98 Å². The number of nitrogens with zero attached hydrogens (tertiary/aromatic N) is 1. The SMILES string of the molecule is OBOc1ccc2ncsc2c1. The number of fused-ring (bicyclic) bond motifs is 1. The van der Waals surface area contributed by atoms with Crippen LogP contribution in [0.3, 0.4) is 0 Å². The third-order valence-corrected chi connectivity index (χ3v) is 2.33. The van der Waals surface area contributed by atoms with Crippen molar-refractivity contribution >= 4 is 29.2 Å². The van der Waals surface area contributed by atoms with Crippen molar-refractivity contribution in [2.24, 2.45) is 0 Å². The Labute approximate surface area is 73.9 Å². The Morgan fingerprint density at radius 2 is 2.42 bits per heavy atom. The topological polar surface area (TPSA) is 42.4 Å². The molecule has 1 N–H and O–H groups in total. The molecule has 0 atom stereocenters.